The van der Waals surface area contributed by atoms with E-state index in [4.69, 9.17) is 9.15 Å². The van der Waals surface area contributed by atoms with Gasteiger partial charge in [0.05, 0.1) is 18.1 Å². The average Bonchev–Trinajstić information content (AvgIpc) is 2.75. The molecule has 0 saturated heterocycles. The fourth-order valence-electron chi connectivity index (χ4n) is 4.29. The number of allylic oxidation sites excluding steroid dienone is 4. The maximum Gasteiger partial charge on any atom is 0.204 e. The summed E-state index contributed by atoms with van der Waals surface area (Å²) in [5, 5.41) is 42.3. The highest BCUT2D eigenvalue weighted by atomic mass is 16.5. The molecule has 1 aromatic heterocycles. The van der Waals surface area contributed by atoms with Crippen molar-refractivity contribution in [1.82, 2.24) is 0 Å². The lowest BCUT2D eigenvalue weighted by Gasteiger charge is -2.18. The number of hydrogen-bond acceptors (Lipinski definition) is 7. The van der Waals surface area contributed by atoms with Crippen LogP contribution in [0.15, 0.2) is 44.6 Å². The van der Waals surface area contributed by atoms with Gasteiger partial charge in [-0.15, -0.1) is 0 Å². The minimum Gasteiger partial charge on any atom is -0.507 e. The summed E-state index contributed by atoms with van der Waals surface area (Å²) in [6, 6.07) is 2.59. The number of benzene rings is 2. The Morgan fingerprint density at radius 2 is 1.64 bits per heavy atom. The van der Waals surface area contributed by atoms with E-state index < -0.39 is 11.0 Å². The van der Waals surface area contributed by atoms with Crippen LogP contribution in [0.5, 0.6) is 23.0 Å². The van der Waals surface area contributed by atoms with E-state index in [0.29, 0.717) is 12.0 Å². The minimum absolute atomic E-state index is 0.00142. The van der Waals surface area contributed by atoms with Gasteiger partial charge in [-0.1, -0.05) is 23.3 Å². The molecule has 0 radical (unpaired) electrons. The number of aliphatic hydroxyl groups is 1. The first-order valence-corrected chi connectivity index (χ1v) is 12.1. The summed E-state index contributed by atoms with van der Waals surface area (Å²) in [5.41, 5.74) is 1.61. The van der Waals surface area contributed by atoms with Crippen molar-refractivity contribution in [3.05, 3.63) is 56.8 Å². The molecule has 0 fully saturated rings. The number of fused-ring (bicyclic) bond motifs is 2. The largest absolute Gasteiger partial charge is 0.507 e. The zero-order valence-electron chi connectivity index (χ0n) is 21.9. The summed E-state index contributed by atoms with van der Waals surface area (Å²) in [5.74, 6) is -0.618. The van der Waals surface area contributed by atoms with E-state index in [1.54, 1.807) is 13.8 Å². The Morgan fingerprint density at radius 3 is 2.25 bits per heavy atom. The highest BCUT2D eigenvalue weighted by Gasteiger charge is 2.24. The number of phenols is 3. The smallest absolute Gasteiger partial charge is 0.204 e. The van der Waals surface area contributed by atoms with Gasteiger partial charge in [0, 0.05) is 23.3 Å². The van der Waals surface area contributed by atoms with Gasteiger partial charge < -0.3 is 29.6 Å². The van der Waals surface area contributed by atoms with Crippen LogP contribution in [0.4, 0.5) is 0 Å². The number of rotatable bonds is 9. The lowest BCUT2D eigenvalue weighted by atomic mass is 9.95. The van der Waals surface area contributed by atoms with Crippen LogP contribution in [0.25, 0.3) is 21.9 Å². The SMILES string of the molecule is COc1c(O)cc2oc3cc(O)c(CCC(C)(C)O)c(O)c3c(=O)c2c1CC=C(C)CCC=C(C)C. The molecule has 0 aliphatic carbocycles. The molecule has 2 aromatic carbocycles. The fourth-order valence-corrected chi connectivity index (χ4v) is 4.29. The van der Waals surface area contributed by atoms with Crippen LogP contribution < -0.4 is 10.2 Å². The van der Waals surface area contributed by atoms with E-state index in [1.807, 2.05) is 13.0 Å². The number of hydrogen-bond donors (Lipinski definition) is 4. The van der Waals surface area contributed by atoms with Gasteiger partial charge in [0.2, 0.25) is 5.43 Å². The Hall–Kier alpha value is -3.45. The van der Waals surface area contributed by atoms with E-state index in [0.717, 1.165) is 18.4 Å². The monoisotopic (exact) mass is 496 g/mol. The topological polar surface area (TPSA) is 120 Å². The van der Waals surface area contributed by atoms with Crippen molar-refractivity contribution in [3.63, 3.8) is 0 Å². The number of methoxy groups -OCH3 is 1. The second-order valence-electron chi connectivity index (χ2n) is 10.2. The molecule has 36 heavy (non-hydrogen) atoms. The third-order valence-electron chi connectivity index (χ3n) is 6.28. The zero-order chi connectivity index (χ0) is 26.8. The third kappa shape index (κ3) is 5.85. The van der Waals surface area contributed by atoms with Crippen molar-refractivity contribution in [1.29, 1.82) is 0 Å². The quantitative estimate of drug-likeness (QED) is 0.211. The molecule has 7 heteroatoms. The second kappa shape index (κ2) is 10.7. The molecule has 3 aromatic rings. The first kappa shape index (κ1) is 27.1. The van der Waals surface area contributed by atoms with Crippen LogP contribution in [-0.4, -0.2) is 33.1 Å². The highest BCUT2D eigenvalue weighted by molar-refractivity contribution is 5.97. The van der Waals surface area contributed by atoms with Crippen LogP contribution in [0.2, 0.25) is 0 Å². The Balaban J connectivity index is 2.22. The van der Waals surface area contributed by atoms with Crippen LogP contribution in [0.1, 0.15) is 65.0 Å². The van der Waals surface area contributed by atoms with Crippen molar-refractivity contribution < 1.29 is 29.6 Å². The van der Waals surface area contributed by atoms with Crippen LogP contribution in [-0.2, 0) is 12.8 Å². The van der Waals surface area contributed by atoms with Gasteiger partial charge in [-0.25, -0.2) is 0 Å². The molecule has 194 valence electrons. The molecular formula is C29H36O7. The summed E-state index contributed by atoms with van der Waals surface area (Å²) >= 11 is 0. The van der Waals surface area contributed by atoms with Gasteiger partial charge in [-0.3, -0.25) is 4.79 Å². The van der Waals surface area contributed by atoms with E-state index >= 15 is 0 Å². The van der Waals surface area contributed by atoms with Crippen molar-refractivity contribution in [2.45, 2.75) is 72.3 Å². The maximum atomic E-state index is 13.7. The van der Waals surface area contributed by atoms with Crippen LogP contribution >= 0.6 is 0 Å². The van der Waals surface area contributed by atoms with Gasteiger partial charge in [0.25, 0.3) is 0 Å². The van der Waals surface area contributed by atoms with Crippen molar-refractivity contribution in [3.8, 4) is 23.0 Å². The third-order valence-corrected chi connectivity index (χ3v) is 6.28. The lowest BCUT2D eigenvalue weighted by molar-refractivity contribution is 0.0711. The summed E-state index contributed by atoms with van der Waals surface area (Å²) in [6.45, 7) is 9.38. The molecule has 7 nitrogen and oxygen atoms in total. The number of aromatic hydroxyl groups is 3. The van der Waals surface area contributed by atoms with E-state index in [1.165, 1.54) is 24.8 Å². The predicted molar refractivity (Wildman–Crippen MR) is 142 cm³/mol. The first-order chi connectivity index (χ1) is 16.8. The minimum atomic E-state index is -1.02. The molecule has 0 atom stereocenters. The van der Waals surface area contributed by atoms with Gasteiger partial charge in [0.15, 0.2) is 11.5 Å². The number of phenolic OH excluding ortho intramolecular Hbond substituents is 3. The molecule has 0 bridgehead atoms. The molecule has 0 aliphatic rings. The summed E-state index contributed by atoms with van der Waals surface area (Å²) in [7, 11) is 1.42. The van der Waals surface area contributed by atoms with Crippen molar-refractivity contribution in [2.75, 3.05) is 7.11 Å². The first-order valence-electron chi connectivity index (χ1n) is 12.1. The van der Waals surface area contributed by atoms with E-state index in [-0.39, 0.29) is 63.3 Å². The summed E-state index contributed by atoms with van der Waals surface area (Å²) < 4.78 is 11.3. The van der Waals surface area contributed by atoms with Gasteiger partial charge in [-0.05, 0) is 66.7 Å². The summed E-state index contributed by atoms with van der Waals surface area (Å²) in [4.78, 5) is 13.7. The molecule has 0 spiro atoms. The molecule has 0 aliphatic heterocycles. The highest BCUT2D eigenvalue weighted by Crippen LogP contribution is 2.41. The molecule has 0 unspecified atom stereocenters. The zero-order valence-corrected chi connectivity index (χ0v) is 21.9. The van der Waals surface area contributed by atoms with Gasteiger partial charge >= 0.3 is 0 Å². The maximum absolute atomic E-state index is 13.7. The predicted octanol–water partition coefficient (Wildman–Crippen LogP) is 6.01. The second-order valence-corrected chi connectivity index (χ2v) is 10.2. The Morgan fingerprint density at radius 1 is 1.00 bits per heavy atom. The Labute approximate surface area is 211 Å². The Kier molecular flexibility index (Phi) is 8.04. The van der Waals surface area contributed by atoms with Crippen molar-refractivity contribution >= 4 is 21.9 Å². The molecule has 4 N–H and O–H groups in total. The van der Waals surface area contributed by atoms with Crippen LogP contribution in [0, 0.1) is 0 Å². The average molecular weight is 497 g/mol. The Bertz CT molecular complexity index is 1400. The standard InChI is InChI=1S/C29H36O7/c1-16(2)8-7-9-17(3)10-11-19-24-22(15-21(31)28(19)35-6)36-23-14-20(30)18(12-13-29(4,5)34)26(32)25(23)27(24)33/h8,10,14-15,30-32,34H,7,9,11-13H2,1-6H3. The van der Waals surface area contributed by atoms with E-state index in [2.05, 4.69) is 19.9 Å². The fraction of sp³-hybridized carbons (Fsp3) is 0.414. The van der Waals surface area contributed by atoms with Crippen molar-refractivity contribution in [2.24, 2.45) is 0 Å². The lowest BCUT2D eigenvalue weighted by Crippen LogP contribution is -2.19. The molecule has 1 heterocycles. The molecule has 0 saturated carbocycles. The summed E-state index contributed by atoms with van der Waals surface area (Å²) in [6.07, 6.45) is 6.65. The number of ether oxygens (including phenoxy) is 1. The van der Waals surface area contributed by atoms with E-state index in [9.17, 15) is 25.2 Å². The molecule has 3 rings (SSSR count). The normalized spacial score (nSPS) is 12.4. The molecular weight excluding hydrogens is 460 g/mol. The van der Waals surface area contributed by atoms with Gasteiger partial charge in [0.1, 0.15) is 28.1 Å². The molecule has 0 amide bonds. The van der Waals surface area contributed by atoms with Crippen LogP contribution in [0.3, 0.4) is 0 Å². The van der Waals surface area contributed by atoms with Gasteiger partial charge in [-0.2, -0.15) is 0 Å².